The summed E-state index contributed by atoms with van der Waals surface area (Å²) in [6, 6.07) is 7.45. The third-order valence-corrected chi connectivity index (χ3v) is 5.49. The highest BCUT2D eigenvalue weighted by Gasteiger charge is 2.14. The summed E-state index contributed by atoms with van der Waals surface area (Å²) in [5.74, 6) is 0.781. The molecule has 0 spiro atoms. The molecule has 108 valence electrons. The number of benzene rings is 1. The fourth-order valence-corrected chi connectivity index (χ4v) is 3.19. The predicted octanol–water partition coefficient (Wildman–Crippen LogP) is 3.72. The van der Waals surface area contributed by atoms with Gasteiger partial charge in [0.1, 0.15) is 0 Å². The van der Waals surface area contributed by atoms with Crippen molar-refractivity contribution < 1.29 is 8.42 Å². The van der Waals surface area contributed by atoms with Crippen molar-refractivity contribution in [1.29, 1.82) is 0 Å². The van der Waals surface area contributed by atoms with Gasteiger partial charge in [0, 0.05) is 11.7 Å². The Morgan fingerprint density at radius 3 is 2.00 bits per heavy atom. The maximum absolute atomic E-state index is 11.7. The number of nitrogens with one attached hydrogen (secondary N) is 1. The molecule has 0 radical (unpaired) electrons. The van der Waals surface area contributed by atoms with Crippen molar-refractivity contribution in [3.05, 3.63) is 24.3 Å². The zero-order valence-corrected chi connectivity index (χ0v) is 13.1. The molecule has 1 aromatic carbocycles. The summed E-state index contributed by atoms with van der Waals surface area (Å²) < 4.78 is 23.4. The van der Waals surface area contributed by atoms with Crippen LogP contribution in [0.5, 0.6) is 0 Å². The van der Waals surface area contributed by atoms with Crippen LogP contribution in [0.2, 0.25) is 0 Å². The van der Waals surface area contributed by atoms with Gasteiger partial charge >= 0.3 is 0 Å². The topological polar surface area (TPSA) is 46.2 Å². The van der Waals surface area contributed by atoms with E-state index in [0.717, 1.165) is 18.5 Å². The molecule has 0 aliphatic carbocycles. The Balaban J connectivity index is 2.78. The zero-order valence-electron chi connectivity index (χ0n) is 12.3. The molecular formula is C15H25NO2S. The van der Waals surface area contributed by atoms with E-state index >= 15 is 0 Å². The molecule has 0 amide bonds. The standard InChI is InChI=1S/C15H25NO2S/c1-5-13(6-2)12(4)16-14-8-10-15(11-9-14)19(17,18)7-3/h8-13,16H,5-7H2,1-4H3. The van der Waals surface area contributed by atoms with Crippen molar-refractivity contribution in [3.63, 3.8) is 0 Å². The van der Waals surface area contributed by atoms with Gasteiger partial charge in [0.15, 0.2) is 9.84 Å². The fraction of sp³-hybridized carbons (Fsp3) is 0.600. The van der Waals surface area contributed by atoms with Gasteiger partial charge in [-0.25, -0.2) is 8.42 Å². The highest BCUT2D eigenvalue weighted by atomic mass is 32.2. The summed E-state index contributed by atoms with van der Waals surface area (Å²) >= 11 is 0. The van der Waals surface area contributed by atoms with Gasteiger partial charge in [-0.1, -0.05) is 33.6 Å². The van der Waals surface area contributed by atoms with Gasteiger partial charge in [-0.3, -0.25) is 0 Å². The van der Waals surface area contributed by atoms with E-state index in [1.165, 1.54) is 0 Å². The van der Waals surface area contributed by atoms with Gasteiger partial charge in [-0.05, 0) is 37.1 Å². The van der Waals surface area contributed by atoms with E-state index in [4.69, 9.17) is 0 Å². The van der Waals surface area contributed by atoms with Gasteiger partial charge in [0.25, 0.3) is 0 Å². The first-order valence-corrected chi connectivity index (χ1v) is 8.69. The Bertz CT molecular complexity index is 475. The van der Waals surface area contributed by atoms with Crippen molar-refractivity contribution >= 4 is 15.5 Å². The average Bonchev–Trinajstić information content (AvgIpc) is 2.40. The summed E-state index contributed by atoms with van der Waals surface area (Å²) in [6.45, 7) is 8.23. The van der Waals surface area contributed by atoms with Gasteiger partial charge in [-0.15, -0.1) is 0 Å². The van der Waals surface area contributed by atoms with Crippen molar-refractivity contribution in [2.45, 2.75) is 51.5 Å². The van der Waals surface area contributed by atoms with Crippen molar-refractivity contribution in [3.8, 4) is 0 Å². The smallest absolute Gasteiger partial charge is 0.178 e. The lowest BCUT2D eigenvalue weighted by Gasteiger charge is -2.23. The van der Waals surface area contributed by atoms with E-state index in [1.807, 2.05) is 12.1 Å². The summed E-state index contributed by atoms with van der Waals surface area (Å²) in [5.41, 5.74) is 0.981. The van der Waals surface area contributed by atoms with Gasteiger partial charge in [0.2, 0.25) is 0 Å². The second-order valence-electron chi connectivity index (χ2n) is 4.94. The third-order valence-electron chi connectivity index (χ3n) is 3.74. The highest BCUT2D eigenvalue weighted by Crippen LogP contribution is 2.20. The minimum Gasteiger partial charge on any atom is -0.382 e. The lowest BCUT2D eigenvalue weighted by Crippen LogP contribution is -2.24. The Hall–Kier alpha value is -1.03. The normalized spacial score (nSPS) is 13.5. The van der Waals surface area contributed by atoms with Crippen LogP contribution in [0.15, 0.2) is 29.2 Å². The molecule has 4 heteroatoms. The molecule has 0 aliphatic rings. The van der Waals surface area contributed by atoms with Crippen LogP contribution in [-0.4, -0.2) is 20.2 Å². The van der Waals surface area contributed by atoms with Crippen LogP contribution in [0.3, 0.4) is 0 Å². The molecule has 0 aliphatic heterocycles. The Labute approximate surface area is 117 Å². The fourth-order valence-electron chi connectivity index (χ4n) is 2.30. The van der Waals surface area contributed by atoms with Crippen LogP contribution in [0.4, 0.5) is 5.69 Å². The highest BCUT2D eigenvalue weighted by molar-refractivity contribution is 7.91. The molecule has 0 heterocycles. The molecule has 1 atom stereocenters. The number of sulfone groups is 1. The van der Waals surface area contributed by atoms with Crippen molar-refractivity contribution in [1.82, 2.24) is 0 Å². The maximum atomic E-state index is 11.7. The van der Waals surface area contributed by atoms with E-state index < -0.39 is 9.84 Å². The number of anilines is 1. The molecule has 0 aromatic heterocycles. The Morgan fingerprint density at radius 2 is 1.58 bits per heavy atom. The van der Waals surface area contributed by atoms with E-state index in [2.05, 4.69) is 26.1 Å². The van der Waals surface area contributed by atoms with Crippen LogP contribution in [0.1, 0.15) is 40.5 Å². The summed E-state index contributed by atoms with van der Waals surface area (Å²) in [5, 5.41) is 3.45. The first-order chi connectivity index (χ1) is 8.94. The molecule has 0 saturated heterocycles. The van der Waals surface area contributed by atoms with Gasteiger partial charge in [0.05, 0.1) is 10.6 Å². The largest absolute Gasteiger partial charge is 0.382 e. The Morgan fingerprint density at radius 1 is 1.05 bits per heavy atom. The first-order valence-electron chi connectivity index (χ1n) is 7.03. The molecule has 1 N–H and O–H groups in total. The average molecular weight is 283 g/mol. The van der Waals surface area contributed by atoms with Crippen molar-refractivity contribution in [2.75, 3.05) is 11.1 Å². The zero-order chi connectivity index (χ0) is 14.5. The number of hydrogen-bond acceptors (Lipinski definition) is 3. The second-order valence-corrected chi connectivity index (χ2v) is 7.22. The van der Waals surface area contributed by atoms with Gasteiger partial charge in [-0.2, -0.15) is 0 Å². The van der Waals surface area contributed by atoms with Crippen LogP contribution in [0.25, 0.3) is 0 Å². The minimum atomic E-state index is -3.10. The number of rotatable bonds is 7. The SMILES string of the molecule is CCC(CC)C(C)Nc1ccc(S(=O)(=O)CC)cc1. The lowest BCUT2D eigenvalue weighted by molar-refractivity contribution is 0.438. The first kappa shape index (κ1) is 16.0. The van der Waals surface area contributed by atoms with Gasteiger partial charge < -0.3 is 5.32 Å². The third kappa shape index (κ3) is 4.23. The lowest BCUT2D eigenvalue weighted by atomic mass is 9.95. The predicted molar refractivity (Wildman–Crippen MR) is 81.3 cm³/mol. The van der Waals surface area contributed by atoms with Crippen LogP contribution in [0, 0.1) is 5.92 Å². The minimum absolute atomic E-state index is 0.143. The molecule has 19 heavy (non-hydrogen) atoms. The van der Waals surface area contributed by atoms with E-state index in [9.17, 15) is 8.42 Å². The maximum Gasteiger partial charge on any atom is 0.178 e. The van der Waals surface area contributed by atoms with Crippen molar-refractivity contribution in [2.24, 2.45) is 5.92 Å². The summed E-state index contributed by atoms with van der Waals surface area (Å²) in [7, 11) is -3.10. The Kier molecular flexibility index (Phi) is 5.85. The summed E-state index contributed by atoms with van der Waals surface area (Å²) in [6.07, 6.45) is 2.29. The molecule has 0 saturated carbocycles. The van der Waals surface area contributed by atoms with Crippen LogP contribution in [-0.2, 0) is 9.84 Å². The van der Waals surface area contributed by atoms with Crippen LogP contribution >= 0.6 is 0 Å². The second kappa shape index (κ2) is 6.94. The molecular weight excluding hydrogens is 258 g/mol. The molecule has 0 fully saturated rings. The monoisotopic (exact) mass is 283 g/mol. The number of hydrogen-bond donors (Lipinski definition) is 1. The molecule has 1 unspecified atom stereocenters. The molecule has 3 nitrogen and oxygen atoms in total. The van der Waals surface area contributed by atoms with E-state index in [0.29, 0.717) is 16.9 Å². The molecule has 0 bridgehead atoms. The van der Waals surface area contributed by atoms with E-state index in [1.54, 1.807) is 19.1 Å². The summed E-state index contributed by atoms with van der Waals surface area (Å²) in [4.78, 5) is 0.399. The molecule has 1 rings (SSSR count). The quantitative estimate of drug-likeness (QED) is 0.829. The molecule has 1 aromatic rings. The van der Waals surface area contributed by atoms with Crippen LogP contribution < -0.4 is 5.32 Å². The van der Waals surface area contributed by atoms with E-state index in [-0.39, 0.29) is 5.75 Å².